The number of rotatable bonds is 8. The molecule has 0 saturated carbocycles. The Kier molecular flexibility index (Phi) is 7.12. The quantitative estimate of drug-likeness (QED) is 0.254. The Morgan fingerprint density at radius 3 is 2.42 bits per heavy atom. The summed E-state index contributed by atoms with van der Waals surface area (Å²) in [6, 6.07) is 15.8. The highest BCUT2D eigenvalue weighted by Gasteiger charge is 2.41. The molecule has 1 N–H and O–H groups in total. The molecule has 2 atom stereocenters. The first-order chi connectivity index (χ1) is 17.1. The van der Waals surface area contributed by atoms with Gasteiger partial charge in [-0.15, -0.1) is 0 Å². The number of aliphatic hydroxyl groups is 1. The summed E-state index contributed by atoms with van der Waals surface area (Å²) in [4.78, 5) is 17.9. The molecule has 0 unspecified atom stereocenters. The fourth-order valence-electron chi connectivity index (χ4n) is 4.18. The summed E-state index contributed by atoms with van der Waals surface area (Å²) in [7, 11) is 0. The van der Waals surface area contributed by atoms with Gasteiger partial charge in [-0.25, -0.2) is 9.50 Å². The molecule has 2 heterocycles. The van der Waals surface area contributed by atoms with Gasteiger partial charge in [0.15, 0.2) is 5.65 Å². The van der Waals surface area contributed by atoms with E-state index in [0.717, 1.165) is 17.7 Å². The third-order valence-corrected chi connectivity index (χ3v) is 6.12. The number of carbonyl (C=O) groups is 1. The van der Waals surface area contributed by atoms with E-state index in [1.807, 2.05) is 37.3 Å². The number of hydrogen-bond acceptors (Lipinski definition) is 5. The van der Waals surface area contributed by atoms with Crippen molar-refractivity contribution in [1.29, 1.82) is 0 Å². The molecule has 0 aliphatic carbocycles. The first kappa shape index (κ1) is 25.4. The summed E-state index contributed by atoms with van der Waals surface area (Å²) in [5, 5.41) is 14.6. The van der Waals surface area contributed by atoms with Crippen LogP contribution in [0.25, 0.3) is 16.8 Å². The Morgan fingerprint density at radius 2 is 1.78 bits per heavy atom. The largest absolute Gasteiger partial charge is 0.435 e. The van der Waals surface area contributed by atoms with Crippen molar-refractivity contribution < 1.29 is 27.8 Å². The number of esters is 1. The van der Waals surface area contributed by atoms with Crippen LogP contribution in [0.15, 0.2) is 73.1 Å². The standard InChI is InChI=1S/C27H26F3N3O3/c1-3-7-23(34)36-25(35)26(2,16-18-8-5-4-6-9-18)22-14-15-31-24-21(17-32-33(22)24)19-10-12-20(13-11-19)27(28,29)30/h4-6,8-15,17,23,34H,3,7,16H2,1-2H3/t23-,26-/m1/s1. The molecule has 9 heteroatoms. The Balaban J connectivity index is 1.79. The van der Waals surface area contributed by atoms with E-state index >= 15 is 0 Å². The predicted molar refractivity (Wildman–Crippen MR) is 128 cm³/mol. The Bertz CT molecular complexity index is 1340. The third kappa shape index (κ3) is 5.11. The molecule has 188 valence electrons. The van der Waals surface area contributed by atoms with E-state index in [9.17, 15) is 23.1 Å². The smallest absolute Gasteiger partial charge is 0.416 e. The topological polar surface area (TPSA) is 76.7 Å². The minimum atomic E-state index is -4.44. The molecule has 6 nitrogen and oxygen atoms in total. The maximum absolute atomic E-state index is 13.5. The second-order valence-electron chi connectivity index (χ2n) is 8.84. The molecule has 0 aliphatic rings. The lowest BCUT2D eigenvalue weighted by atomic mass is 9.80. The van der Waals surface area contributed by atoms with Gasteiger partial charge in [-0.2, -0.15) is 18.3 Å². The van der Waals surface area contributed by atoms with E-state index in [0.29, 0.717) is 35.3 Å². The summed E-state index contributed by atoms with van der Waals surface area (Å²) in [5.41, 5.74) is 0.764. The molecule has 0 spiro atoms. The van der Waals surface area contributed by atoms with Crippen molar-refractivity contribution in [2.45, 2.75) is 51.0 Å². The molecule has 2 aromatic heterocycles. The molecule has 0 radical (unpaired) electrons. The fourth-order valence-corrected chi connectivity index (χ4v) is 4.18. The van der Waals surface area contributed by atoms with Crippen molar-refractivity contribution in [3.8, 4) is 11.1 Å². The number of nitrogens with zero attached hydrogens (tertiary/aromatic N) is 3. The molecule has 4 aromatic rings. The zero-order valence-corrected chi connectivity index (χ0v) is 19.9. The summed E-state index contributed by atoms with van der Waals surface area (Å²) < 4.78 is 45.9. The van der Waals surface area contributed by atoms with Crippen molar-refractivity contribution in [3.05, 3.63) is 89.9 Å². The second kappa shape index (κ2) is 10.1. The average Bonchev–Trinajstić information content (AvgIpc) is 3.28. The molecule has 0 saturated heterocycles. The van der Waals surface area contributed by atoms with Crippen LogP contribution < -0.4 is 0 Å². The van der Waals surface area contributed by atoms with Crippen LogP contribution in [0.5, 0.6) is 0 Å². The normalized spacial score (nSPS) is 14.4. The number of aromatic nitrogens is 3. The van der Waals surface area contributed by atoms with Crippen LogP contribution in [0, 0.1) is 0 Å². The van der Waals surface area contributed by atoms with Crippen molar-refractivity contribution >= 4 is 11.6 Å². The van der Waals surface area contributed by atoms with Gasteiger partial charge in [0.05, 0.1) is 17.5 Å². The fraction of sp³-hybridized carbons (Fsp3) is 0.296. The maximum Gasteiger partial charge on any atom is 0.416 e. The number of alkyl halides is 3. The van der Waals surface area contributed by atoms with Crippen LogP contribution in [-0.4, -0.2) is 32.0 Å². The number of aliphatic hydroxyl groups excluding tert-OH is 1. The van der Waals surface area contributed by atoms with E-state index in [-0.39, 0.29) is 6.42 Å². The second-order valence-corrected chi connectivity index (χ2v) is 8.84. The molecule has 4 rings (SSSR count). The van der Waals surface area contributed by atoms with E-state index in [4.69, 9.17) is 4.74 Å². The highest BCUT2D eigenvalue weighted by Crippen LogP contribution is 2.34. The van der Waals surface area contributed by atoms with E-state index in [1.54, 1.807) is 13.0 Å². The minimum Gasteiger partial charge on any atom is -0.435 e. The van der Waals surface area contributed by atoms with Crippen LogP contribution >= 0.6 is 0 Å². The summed E-state index contributed by atoms with van der Waals surface area (Å²) in [5.74, 6) is -0.619. The molecule has 0 fully saturated rings. The van der Waals surface area contributed by atoms with Crippen molar-refractivity contribution in [1.82, 2.24) is 14.6 Å². The lowest BCUT2D eigenvalue weighted by Crippen LogP contribution is -2.40. The van der Waals surface area contributed by atoms with Crippen molar-refractivity contribution in [3.63, 3.8) is 0 Å². The van der Waals surface area contributed by atoms with Gasteiger partial charge < -0.3 is 9.84 Å². The van der Waals surface area contributed by atoms with E-state index < -0.39 is 29.4 Å². The van der Waals surface area contributed by atoms with Crippen molar-refractivity contribution in [2.75, 3.05) is 0 Å². The van der Waals surface area contributed by atoms with Gasteiger partial charge in [-0.3, -0.25) is 4.79 Å². The van der Waals surface area contributed by atoms with E-state index in [2.05, 4.69) is 10.1 Å². The Hall–Kier alpha value is -3.72. The number of ether oxygens (including phenoxy) is 1. The van der Waals surface area contributed by atoms with Crippen LogP contribution in [0.4, 0.5) is 13.2 Å². The van der Waals surface area contributed by atoms with Crippen molar-refractivity contribution in [2.24, 2.45) is 0 Å². The number of carbonyl (C=O) groups excluding carboxylic acids is 1. The van der Waals surface area contributed by atoms with Crippen LogP contribution in [0.2, 0.25) is 0 Å². The first-order valence-corrected chi connectivity index (χ1v) is 11.6. The molecule has 36 heavy (non-hydrogen) atoms. The molecular formula is C27H26F3N3O3. The average molecular weight is 498 g/mol. The first-order valence-electron chi connectivity index (χ1n) is 11.6. The zero-order chi connectivity index (χ0) is 25.9. The third-order valence-electron chi connectivity index (χ3n) is 6.12. The Labute approximate surface area is 206 Å². The predicted octanol–water partition coefficient (Wildman–Crippen LogP) is 5.58. The van der Waals surface area contributed by atoms with Gasteiger partial charge in [0.25, 0.3) is 0 Å². The molecule has 2 aromatic carbocycles. The number of halogens is 3. The van der Waals surface area contributed by atoms with Crippen LogP contribution in [0.3, 0.4) is 0 Å². The highest BCUT2D eigenvalue weighted by atomic mass is 19.4. The SMILES string of the molecule is CCC[C@H](O)OC(=O)[C@](C)(Cc1ccccc1)c1ccnc2c(-c3ccc(C(F)(F)F)cc3)cnn12. The molecule has 0 aliphatic heterocycles. The lowest BCUT2D eigenvalue weighted by Gasteiger charge is -2.29. The minimum absolute atomic E-state index is 0.264. The monoisotopic (exact) mass is 497 g/mol. The number of benzene rings is 2. The van der Waals surface area contributed by atoms with Gasteiger partial charge in [-0.05, 0) is 42.7 Å². The summed E-state index contributed by atoms with van der Waals surface area (Å²) in [6.45, 7) is 3.59. The summed E-state index contributed by atoms with van der Waals surface area (Å²) >= 11 is 0. The maximum atomic E-state index is 13.5. The highest BCUT2D eigenvalue weighted by molar-refractivity contribution is 5.84. The van der Waals surface area contributed by atoms with E-state index in [1.165, 1.54) is 29.0 Å². The van der Waals surface area contributed by atoms with Gasteiger partial charge >= 0.3 is 12.1 Å². The molecule has 0 bridgehead atoms. The van der Waals surface area contributed by atoms with Gasteiger partial charge in [0.1, 0.15) is 5.41 Å². The molecular weight excluding hydrogens is 471 g/mol. The van der Waals surface area contributed by atoms with Crippen LogP contribution in [0.1, 0.15) is 43.5 Å². The zero-order valence-electron chi connectivity index (χ0n) is 19.9. The van der Waals surface area contributed by atoms with Gasteiger partial charge in [0.2, 0.25) is 6.29 Å². The molecule has 0 amide bonds. The number of hydrogen-bond donors (Lipinski definition) is 1. The van der Waals surface area contributed by atoms with Crippen LogP contribution in [-0.2, 0) is 27.5 Å². The van der Waals surface area contributed by atoms with Gasteiger partial charge in [0, 0.05) is 18.2 Å². The summed E-state index contributed by atoms with van der Waals surface area (Å²) in [6.07, 6.45) is -1.44. The number of fused-ring (bicyclic) bond motifs is 1. The Morgan fingerprint density at radius 1 is 1.08 bits per heavy atom. The van der Waals surface area contributed by atoms with Gasteiger partial charge in [-0.1, -0.05) is 55.8 Å². The lowest BCUT2D eigenvalue weighted by molar-refractivity contribution is -0.175.